The molecule has 1 aromatic rings. The van der Waals surface area contributed by atoms with Crippen molar-refractivity contribution in [2.24, 2.45) is 17.3 Å². The van der Waals surface area contributed by atoms with E-state index >= 15 is 0 Å². The maximum Gasteiger partial charge on any atom is 0.310 e. The Morgan fingerprint density at radius 1 is 1.34 bits per heavy atom. The van der Waals surface area contributed by atoms with Crippen LogP contribution in [0.3, 0.4) is 0 Å². The first-order valence-electron chi connectivity index (χ1n) is 10.5. The van der Waals surface area contributed by atoms with Crippen LogP contribution >= 0.6 is 0 Å². The molecule has 0 amide bonds. The largest absolute Gasteiger partial charge is 0.472 e. The van der Waals surface area contributed by atoms with E-state index < -0.39 is 17.7 Å². The number of aliphatic hydroxyl groups excluding tert-OH is 1. The van der Waals surface area contributed by atoms with E-state index in [4.69, 9.17) is 18.6 Å². The first-order valence-corrected chi connectivity index (χ1v) is 10.5. The first-order chi connectivity index (χ1) is 13.8. The van der Waals surface area contributed by atoms with Gasteiger partial charge in [0, 0.05) is 36.8 Å². The molecule has 2 aliphatic heterocycles. The Balaban J connectivity index is 1.58. The third-order valence-corrected chi connectivity index (χ3v) is 7.45. The van der Waals surface area contributed by atoms with Gasteiger partial charge in [0.05, 0.1) is 30.1 Å². The molecule has 7 nitrogen and oxygen atoms in total. The molecule has 0 spiro atoms. The highest BCUT2D eigenvalue weighted by Gasteiger charge is 2.65. The van der Waals surface area contributed by atoms with E-state index in [-0.39, 0.29) is 42.0 Å². The average molecular weight is 406 g/mol. The lowest BCUT2D eigenvalue weighted by atomic mass is 9.59. The lowest BCUT2D eigenvalue weighted by molar-refractivity contribution is -0.245. The molecular formula is C22H30O7. The van der Waals surface area contributed by atoms with Crippen LogP contribution in [0, 0.1) is 17.3 Å². The molecule has 2 saturated heterocycles. The summed E-state index contributed by atoms with van der Waals surface area (Å²) in [4.78, 5) is 24.1. The highest BCUT2D eigenvalue weighted by Crippen LogP contribution is 2.58. The van der Waals surface area contributed by atoms with Crippen molar-refractivity contribution in [2.45, 2.75) is 76.8 Å². The molecule has 3 heterocycles. The summed E-state index contributed by atoms with van der Waals surface area (Å²) in [5.74, 6) is -0.920. The minimum absolute atomic E-state index is 0.0911. The highest BCUT2D eigenvalue weighted by atomic mass is 16.6. The van der Waals surface area contributed by atoms with Crippen LogP contribution in [-0.4, -0.2) is 41.5 Å². The maximum atomic E-state index is 12.5. The number of carbonyl (C=O) groups excluding carboxylic acids is 2. The number of hydrogen-bond donors (Lipinski definition) is 1. The Labute approximate surface area is 170 Å². The van der Waals surface area contributed by atoms with Crippen LogP contribution in [0.5, 0.6) is 0 Å². The van der Waals surface area contributed by atoms with Gasteiger partial charge in [-0.3, -0.25) is 9.59 Å². The average Bonchev–Trinajstić information content (AvgIpc) is 3.27. The lowest BCUT2D eigenvalue weighted by Crippen LogP contribution is -2.60. The molecule has 1 saturated carbocycles. The fourth-order valence-corrected chi connectivity index (χ4v) is 5.64. The van der Waals surface area contributed by atoms with Gasteiger partial charge in [-0.2, -0.15) is 0 Å². The number of aliphatic hydroxyl groups is 1. The van der Waals surface area contributed by atoms with E-state index in [0.717, 1.165) is 24.8 Å². The standard InChI is InChI=1S/C22H30O7/c1-13(24)27-17(14-7-8-26-12-14)9-15(11-23)21(2)10-19-22(3)16(20(25)28-19)5-4-6-18(22)29-21/h7-8,12,15-19,23H,4-6,9-11H2,1-3H3. The first kappa shape index (κ1) is 20.4. The van der Waals surface area contributed by atoms with E-state index in [9.17, 15) is 14.7 Å². The van der Waals surface area contributed by atoms with Crippen molar-refractivity contribution in [3.63, 3.8) is 0 Å². The van der Waals surface area contributed by atoms with Gasteiger partial charge in [0.15, 0.2) is 0 Å². The SMILES string of the molecule is CC(=O)OC(CC(CO)C1(C)CC2OC(=O)C3CCCC(O1)C23C)c1ccoc1. The third-order valence-electron chi connectivity index (χ3n) is 7.45. The zero-order chi connectivity index (χ0) is 20.8. The number of hydrogen-bond acceptors (Lipinski definition) is 7. The fourth-order valence-electron chi connectivity index (χ4n) is 5.64. The summed E-state index contributed by atoms with van der Waals surface area (Å²) in [6.07, 6.45) is 5.79. The van der Waals surface area contributed by atoms with Gasteiger partial charge in [0.25, 0.3) is 0 Å². The Morgan fingerprint density at radius 3 is 2.79 bits per heavy atom. The molecule has 0 radical (unpaired) electrons. The van der Waals surface area contributed by atoms with Crippen molar-refractivity contribution >= 4 is 11.9 Å². The summed E-state index contributed by atoms with van der Waals surface area (Å²) >= 11 is 0. The number of esters is 2. The molecule has 29 heavy (non-hydrogen) atoms. The number of rotatable bonds is 6. The highest BCUT2D eigenvalue weighted by molar-refractivity contribution is 5.76. The van der Waals surface area contributed by atoms with Gasteiger partial charge in [-0.15, -0.1) is 0 Å². The molecule has 160 valence electrons. The van der Waals surface area contributed by atoms with E-state index in [2.05, 4.69) is 6.92 Å². The van der Waals surface area contributed by atoms with Crippen LogP contribution in [0.1, 0.15) is 64.5 Å². The molecule has 1 N–H and O–H groups in total. The summed E-state index contributed by atoms with van der Waals surface area (Å²) in [7, 11) is 0. The topological polar surface area (TPSA) is 95.2 Å². The van der Waals surface area contributed by atoms with Crippen molar-refractivity contribution in [3.05, 3.63) is 24.2 Å². The second-order valence-corrected chi connectivity index (χ2v) is 9.17. The third kappa shape index (κ3) is 3.38. The van der Waals surface area contributed by atoms with E-state index in [1.54, 1.807) is 12.3 Å². The molecule has 7 heteroatoms. The van der Waals surface area contributed by atoms with Gasteiger partial charge in [0.1, 0.15) is 12.2 Å². The van der Waals surface area contributed by atoms with Crippen LogP contribution in [-0.2, 0) is 23.8 Å². The Kier molecular flexibility index (Phi) is 5.23. The number of furan rings is 1. The Bertz CT molecular complexity index is 759. The minimum Gasteiger partial charge on any atom is -0.472 e. The van der Waals surface area contributed by atoms with Gasteiger partial charge < -0.3 is 23.7 Å². The van der Waals surface area contributed by atoms with Crippen molar-refractivity contribution in [2.75, 3.05) is 6.61 Å². The van der Waals surface area contributed by atoms with Gasteiger partial charge >= 0.3 is 11.9 Å². The van der Waals surface area contributed by atoms with Gasteiger partial charge in [-0.25, -0.2) is 0 Å². The molecule has 0 aromatic carbocycles. The van der Waals surface area contributed by atoms with Crippen LogP contribution in [0.4, 0.5) is 0 Å². The van der Waals surface area contributed by atoms with Crippen molar-refractivity contribution in [1.82, 2.24) is 0 Å². The Morgan fingerprint density at radius 2 is 2.14 bits per heavy atom. The lowest BCUT2D eigenvalue weighted by Gasteiger charge is -2.55. The molecule has 1 aromatic heterocycles. The Hall–Kier alpha value is -1.86. The number of ether oxygens (including phenoxy) is 3. The molecule has 3 fully saturated rings. The van der Waals surface area contributed by atoms with E-state index in [1.807, 2.05) is 6.92 Å². The summed E-state index contributed by atoms with van der Waals surface area (Å²) in [6, 6.07) is 1.76. The predicted molar refractivity (Wildman–Crippen MR) is 102 cm³/mol. The predicted octanol–water partition coefficient (Wildman–Crippen LogP) is 3.16. The zero-order valence-corrected chi connectivity index (χ0v) is 17.3. The molecule has 7 unspecified atom stereocenters. The van der Waals surface area contributed by atoms with Crippen LogP contribution in [0.2, 0.25) is 0 Å². The summed E-state index contributed by atoms with van der Waals surface area (Å²) in [6.45, 7) is 5.33. The monoisotopic (exact) mass is 406 g/mol. The molecule has 0 bridgehead atoms. The van der Waals surface area contributed by atoms with E-state index in [0.29, 0.717) is 12.8 Å². The van der Waals surface area contributed by atoms with Crippen LogP contribution in [0.25, 0.3) is 0 Å². The minimum atomic E-state index is -0.696. The molecular weight excluding hydrogens is 376 g/mol. The zero-order valence-electron chi connectivity index (χ0n) is 17.3. The molecule has 1 aliphatic carbocycles. The van der Waals surface area contributed by atoms with Gasteiger partial charge in [-0.1, -0.05) is 6.92 Å². The van der Waals surface area contributed by atoms with Crippen LogP contribution < -0.4 is 0 Å². The second-order valence-electron chi connectivity index (χ2n) is 9.17. The molecule has 4 rings (SSSR count). The summed E-state index contributed by atoms with van der Waals surface area (Å²) in [5.41, 5.74) is -0.264. The summed E-state index contributed by atoms with van der Waals surface area (Å²) < 4.78 is 23.1. The van der Waals surface area contributed by atoms with Gasteiger partial charge in [-0.05, 0) is 38.7 Å². The second kappa shape index (κ2) is 7.43. The normalized spacial score (nSPS) is 38.1. The molecule has 3 aliphatic rings. The fraction of sp³-hybridized carbons (Fsp3) is 0.727. The number of carbonyl (C=O) groups is 2. The van der Waals surface area contributed by atoms with Crippen molar-refractivity contribution < 1.29 is 33.3 Å². The van der Waals surface area contributed by atoms with Crippen molar-refractivity contribution in [3.8, 4) is 0 Å². The maximum absolute atomic E-state index is 12.5. The van der Waals surface area contributed by atoms with Crippen molar-refractivity contribution in [1.29, 1.82) is 0 Å². The van der Waals surface area contributed by atoms with Crippen LogP contribution in [0.15, 0.2) is 23.0 Å². The smallest absolute Gasteiger partial charge is 0.310 e. The molecule has 7 atom stereocenters. The van der Waals surface area contributed by atoms with E-state index in [1.165, 1.54) is 13.2 Å². The summed E-state index contributed by atoms with van der Waals surface area (Å²) in [5, 5.41) is 10.3. The quantitative estimate of drug-likeness (QED) is 0.725. The van der Waals surface area contributed by atoms with Gasteiger partial charge in [0.2, 0.25) is 0 Å².